The second-order valence-electron chi connectivity index (χ2n) is 4.87. The van der Waals surface area contributed by atoms with Gasteiger partial charge < -0.3 is 15.2 Å². The number of carbonyl (C=O) groups excluding carboxylic acids is 1. The lowest BCUT2D eigenvalue weighted by Crippen LogP contribution is -2.22. The number of hydrogen-bond donors (Lipinski definition) is 2. The predicted molar refractivity (Wildman–Crippen MR) is 84.4 cm³/mol. The van der Waals surface area contributed by atoms with Crippen LogP contribution < -0.4 is 10.6 Å². The molecule has 0 fully saturated rings. The molecule has 5 heteroatoms. The molecule has 1 amide bonds. The van der Waals surface area contributed by atoms with Crippen LogP contribution in [0.1, 0.15) is 35.6 Å². The van der Waals surface area contributed by atoms with Crippen molar-refractivity contribution in [2.75, 3.05) is 11.9 Å². The van der Waals surface area contributed by atoms with Crippen LogP contribution in [0, 0.1) is 6.92 Å². The fourth-order valence-corrected chi connectivity index (χ4v) is 2.19. The highest BCUT2D eigenvalue weighted by Crippen LogP contribution is 2.17. The third-order valence-electron chi connectivity index (χ3n) is 3.42. The highest BCUT2D eigenvalue weighted by molar-refractivity contribution is 5.95. The summed E-state index contributed by atoms with van der Waals surface area (Å²) in [6.07, 6.45) is 3.77. The molecule has 5 nitrogen and oxygen atoms in total. The number of carbonyl (C=O) groups is 1. The first kappa shape index (κ1) is 15.1. The summed E-state index contributed by atoms with van der Waals surface area (Å²) >= 11 is 0. The number of aryl methyl sites for hydroxylation is 2. The molecule has 0 spiro atoms. The van der Waals surface area contributed by atoms with Crippen LogP contribution in [0.2, 0.25) is 0 Å². The summed E-state index contributed by atoms with van der Waals surface area (Å²) in [5.41, 5.74) is 2.74. The molecule has 0 unspecified atom stereocenters. The molecule has 112 valence electrons. The van der Waals surface area contributed by atoms with Crippen molar-refractivity contribution in [3.05, 3.63) is 47.5 Å². The minimum atomic E-state index is -0.0457. The summed E-state index contributed by atoms with van der Waals surface area (Å²) in [6, 6.07) is 5.69. The Labute approximate surface area is 125 Å². The van der Waals surface area contributed by atoms with E-state index in [1.54, 1.807) is 6.20 Å². The SMILES string of the molecule is CCNC(=O)c1ccc(C)c(NCc2nccn2CC)c1. The van der Waals surface area contributed by atoms with Gasteiger partial charge in [0.1, 0.15) is 5.82 Å². The zero-order chi connectivity index (χ0) is 15.2. The average molecular weight is 286 g/mol. The zero-order valence-electron chi connectivity index (χ0n) is 12.8. The van der Waals surface area contributed by atoms with E-state index in [-0.39, 0.29) is 5.91 Å². The largest absolute Gasteiger partial charge is 0.378 e. The van der Waals surface area contributed by atoms with E-state index >= 15 is 0 Å². The van der Waals surface area contributed by atoms with Crippen molar-refractivity contribution >= 4 is 11.6 Å². The van der Waals surface area contributed by atoms with E-state index in [1.165, 1.54) is 0 Å². The van der Waals surface area contributed by atoms with Crippen LogP contribution in [0.3, 0.4) is 0 Å². The number of nitrogens with one attached hydrogen (secondary N) is 2. The standard InChI is InChI=1S/C16H22N4O/c1-4-17-16(21)13-7-6-12(3)14(10-13)19-11-15-18-8-9-20(15)5-2/h6-10,19H,4-5,11H2,1-3H3,(H,17,21). The topological polar surface area (TPSA) is 59.0 Å². The first-order valence-electron chi connectivity index (χ1n) is 7.28. The number of amides is 1. The molecule has 1 aromatic carbocycles. The molecular formula is C16H22N4O. The molecule has 0 aliphatic rings. The fraction of sp³-hybridized carbons (Fsp3) is 0.375. The van der Waals surface area contributed by atoms with Gasteiger partial charge in [0.2, 0.25) is 0 Å². The van der Waals surface area contributed by atoms with Crippen molar-refractivity contribution in [2.24, 2.45) is 0 Å². The Morgan fingerprint density at radius 3 is 2.86 bits per heavy atom. The Morgan fingerprint density at radius 2 is 2.14 bits per heavy atom. The van der Waals surface area contributed by atoms with Crippen molar-refractivity contribution in [3.63, 3.8) is 0 Å². The molecule has 2 rings (SSSR count). The molecule has 0 aliphatic heterocycles. The lowest BCUT2D eigenvalue weighted by atomic mass is 10.1. The van der Waals surface area contributed by atoms with Gasteiger partial charge in [0.15, 0.2) is 0 Å². The molecule has 0 saturated carbocycles. The molecule has 21 heavy (non-hydrogen) atoms. The van der Waals surface area contributed by atoms with Crippen LogP contribution in [-0.2, 0) is 13.1 Å². The van der Waals surface area contributed by atoms with Crippen LogP contribution in [-0.4, -0.2) is 22.0 Å². The molecule has 0 aliphatic carbocycles. The highest BCUT2D eigenvalue weighted by atomic mass is 16.1. The van der Waals surface area contributed by atoms with Crippen molar-refractivity contribution in [3.8, 4) is 0 Å². The molecule has 0 atom stereocenters. The Hall–Kier alpha value is -2.30. The van der Waals surface area contributed by atoms with Crippen LogP contribution >= 0.6 is 0 Å². The highest BCUT2D eigenvalue weighted by Gasteiger charge is 2.08. The van der Waals surface area contributed by atoms with Gasteiger partial charge >= 0.3 is 0 Å². The maximum atomic E-state index is 11.9. The summed E-state index contributed by atoms with van der Waals surface area (Å²) in [7, 11) is 0. The number of benzene rings is 1. The van der Waals surface area contributed by atoms with E-state index in [0.717, 1.165) is 23.6 Å². The monoisotopic (exact) mass is 286 g/mol. The van der Waals surface area contributed by atoms with Crippen LogP contribution in [0.25, 0.3) is 0 Å². The second-order valence-corrected chi connectivity index (χ2v) is 4.87. The molecule has 2 N–H and O–H groups in total. The van der Waals surface area contributed by atoms with Crippen LogP contribution in [0.4, 0.5) is 5.69 Å². The summed E-state index contributed by atoms with van der Waals surface area (Å²) < 4.78 is 2.09. The summed E-state index contributed by atoms with van der Waals surface area (Å²) in [4.78, 5) is 16.2. The summed E-state index contributed by atoms with van der Waals surface area (Å²) in [5.74, 6) is 0.941. The number of hydrogen-bond acceptors (Lipinski definition) is 3. The van der Waals surface area contributed by atoms with E-state index in [1.807, 2.05) is 38.2 Å². The second kappa shape index (κ2) is 6.92. The number of aromatic nitrogens is 2. The number of nitrogens with zero attached hydrogens (tertiary/aromatic N) is 2. The van der Waals surface area contributed by atoms with Crippen molar-refractivity contribution in [1.29, 1.82) is 0 Å². The van der Waals surface area contributed by atoms with Gasteiger partial charge in [-0.05, 0) is 38.5 Å². The van der Waals surface area contributed by atoms with E-state index in [0.29, 0.717) is 18.7 Å². The average Bonchev–Trinajstić information content (AvgIpc) is 2.94. The molecule has 0 bridgehead atoms. The van der Waals surface area contributed by atoms with E-state index < -0.39 is 0 Å². The van der Waals surface area contributed by atoms with E-state index in [4.69, 9.17) is 0 Å². The van der Waals surface area contributed by atoms with Gasteiger partial charge in [-0.15, -0.1) is 0 Å². The third-order valence-corrected chi connectivity index (χ3v) is 3.42. The number of anilines is 1. The van der Waals surface area contributed by atoms with E-state index in [2.05, 4.69) is 27.1 Å². The Morgan fingerprint density at radius 1 is 1.33 bits per heavy atom. The molecule has 1 heterocycles. The van der Waals surface area contributed by atoms with Crippen molar-refractivity contribution < 1.29 is 4.79 Å². The van der Waals surface area contributed by atoms with Gasteiger partial charge in [-0.1, -0.05) is 6.07 Å². The van der Waals surface area contributed by atoms with Gasteiger partial charge in [0.25, 0.3) is 5.91 Å². The quantitative estimate of drug-likeness (QED) is 0.858. The molecule has 0 saturated heterocycles. The lowest BCUT2D eigenvalue weighted by Gasteiger charge is -2.12. The minimum absolute atomic E-state index is 0.0457. The summed E-state index contributed by atoms with van der Waals surface area (Å²) in [6.45, 7) is 8.19. The molecule has 2 aromatic rings. The molecule has 0 radical (unpaired) electrons. The Kier molecular flexibility index (Phi) is 4.98. The Balaban J connectivity index is 2.12. The van der Waals surface area contributed by atoms with E-state index in [9.17, 15) is 4.79 Å². The Bertz CT molecular complexity index is 618. The third kappa shape index (κ3) is 3.62. The molecule has 1 aromatic heterocycles. The van der Waals surface area contributed by atoms with Gasteiger partial charge in [-0.2, -0.15) is 0 Å². The van der Waals surface area contributed by atoms with Crippen molar-refractivity contribution in [2.45, 2.75) is 33.9 Å². The van der Waals surface area contributed by atoms with Crippen LogP contribution in [0.15, 0.2) is 30.6 Å². The minimum Gasteiger partial charge on any atom is -0.378 e. The number of imidazole rings is 1. The van der Waals surface area contributed by atoms with Gasteiger partial charge in [-0.25, -0.2) is 4.98 Å². The smallest absolute Gasteiger partial charge is 0.251 e. The first-order valence-corrected chi connectivity index (χ1v) is 7.28. The zero-order valence-corrected chi connectivity index (χ0v) is 12.8. The summed E-state index contributed by atoms with van der Waals surface area (Å²) in [5, 5.41) is 6.18. The van der Waals surface area contributed by atoms with Crippen molar-refractivity contribution in [1.82, 2.24) is 14.9 Å². The lowest BCUT2D eigenvalue weighted by molar-refractivity contribution is 0.0956. The van der Waals surface area contributed by atoms with Gasteiger partial charge in [0.05, 0.1) is 6.54 Å². The predicted octanol–water partition coefficient (Wildman–Crippen LogP) is 2.57. The first-order chi connectivity index (χ1) is 10.2. The maximum Gasteiger partial charge on any atom is 0.251 e. The normalized spacial score (nSPS) is 10.4. The van der Waals surface area contributed by atoms with Gasteiger partial charge in [0, 0.05) is 36.7 Å². The maximum absolute atomic E-state index is 11.9. The number of rotatable bonds is 6. The van der Waals surface area contributed by atoms with Crippen LogP contribution in [0.5, 0.6) is 0 Å². The fourth-order valence-electron chi connectivity index (χ4n) is 2.19. The van der Waals surface area contributed by atoms with Gasteiger partial charge in [-0.3, -0.25) is 4.79 Å². The molecular weight excluding hydrogens is 264 g/mol.